The summed E-state index contributed by atoms with van der Waals surface area (Å²) in [6.45, 7) is 0. The highest BCUT2D eigenvalue weighted by Gasteiger charge is 2.39. The van der Waals surface area contributed by atoms with Crippen molar-refractivity contribution in [2.24, 2.45) is 0 Å². The molecule has 2 heterocycles. The van der Waals surface area contributed by atoms with Crippen LogP contribution in [0.15, 0.2) is 48.5 Å². The fraction of sp³-hybridized carbons (Fsp3) is 0.316. The molecule has 1 atom stereocenters. The Hall–Kier alpha value is -2.34. The van der Waals surface area contributed by atoms with E-state index in [2.05, 4.69) is 0 Å². The van der Waals surface area contributed by atoms with Crippen LogP contribution in [0.5, 0.6) is 11.5 Å². The Morgan fingerprint density at radius 2 is 1.60 bits per heavy atom. The van der Waals surface area contributed by atoms with Crippen LogP contribution in [-0.2, 0) is 14.6 Å². The zero-order chi connectivity index (χ0) is 17.6. The second-order valence-electron chi connectivity index (χ2n) is 6.62. The summed E-state index contributed by atoms with van der Waals surface area (Å²) in [7, 11) is -1.34. The Labute approximate surface area is 147 Å². The number of benzene rings is 2. The molecule has 0 unspecified atom stereocenters. The van der Waals surface area contributed by atoms with Gasteiger partial charge in [-0.3, -0.25) is 4.79 Å². The molecule has 0 radical (unpaired) electrons. The minimum Gasteiger partial charge on any atom is -0.457 e. The first-order chi connectivity index (χ1) is 12.0. The van der Waals surface area contributed by atoms with Crippen molar-refractivity contribution in [2.75, 3.05) is 18.6 Å². The summed E-state index contributed by atoms with van der Waals surface area (Å²) in [6, 6.07) is 14.8. The number of rotatable bonds is 2. The van der Waals surface area contributed by atoms with Gasteiger partial charge in [-0.05, 0) is 18.6 Å². The van der Waals surface area contributed by atoms with E-state index in [1.807, 2.05) is 48.5 Å². The van der Waals surface area contributed by atoms with E-state index in [0.717, 1.165) is 11.1 Å². The molecule has 2 aromatic rings. The lowest BCUT2D eigenvalue weighted by Crippen LogP contribution is -2.41. The predicted octanol–water partition coefficient (Wildman–Crippen LogP) is 2.57. The van der Waals surface area contributed by atoms with E-state index in [9.17, 15) is 13.2 Å². The highest BCUT2D eigenvalue weighted by atomic mass is 32.2. The van der Waals surface area contributed by atoms with Gasteiger partial charge in [-0.2, -0.15) is 0 Å². The Balaban J connectivity index is 1.73. The lowest BCUT2D eigenvalue weighted by molar-refractivity contribution is -0.132. The molecule has 0 bridgehead atoms. The third kappa shape index (κ3) is 2.80. The van der Waals surface area contributed by atoms with E-state index in [1.54, 1.807) is 11.9 Å². The summed E-state index contributed by atoms with van der Waals surface area (Å²) in [4.78, 5) is 14.9. The van der Waals surface area contributed by atoms with Gasteiger partial charge < -0.3 is 9.64 Å². The standard InChI is InChI=1S/C19H19NO4S/c1-20(13-10-11-25(22,23)12-13)19(21)18-14-6-2-4-8-16(14)24-17-9-5-3-7-15(17)18/h2-9,13,18H,10-12H2,1H3/t13-/m1/s1. The Bertz CT molecular complexity index is 892. The van der Waals surface area contributed by atoms with Crippen molar-refractivity contribution < 1.29 is 17.9 Å². The fourth-order valence-electron chi connectivity index (χ4n) is 3.64. The average Bonchev–Trinajstić information content (AvgIpc) is 2.98. The second-order valence-corrected chi connectivity index (χ2v) is 8.85. The van der Waals surface area contributed by atoms with Gasteiger partial charge in [0.1, 0.15) is 11.5 Å². The van der Waals surface area contributed by atoms with Gasteiger partial charge >= 0.3 is 0 Å². The SMILES string of the molecule is CN(C(=O)C1c2ccccc2Oc2ccccc21)[C@@H]1CCS(=O)(=O)C1. The van der Waals surface area contributed by atoms with E-state index in [4.69, 9.17) is 4.74 Å². The van der Waals surface area contributed by atoms with Crippen molar-refractivity contribution >= 4 is 15.7 Å². The molecule has 2 aliphatic rings. The number of sulfone groups is 1. The van der Waals surface area contributed by atoms with Gasteiger partial charge in [-0.15, -0.1) is 0 Å². The third-order valence-corrected chi connectivity index (χ3v) is 6.78. The molecule has 0 saturated carbocycles. The van der Waals surface area contributed by atoms with Crippen LogP contribution < -0.4 is 4.74 Å². The number of nitrogens with zero attached hydrogens (tertiary/aromatic N) is 1. The van der Waals surface area contributed by atoms with E-state index in [0.29, 0.717) is 17.9 Å². The second kappa shape index (κ2) is 5.88. The first-order valence-electron chi connectivity index (χ1n) is 8.29. The first-order valence-corrected chi connectivity index (χ1v) is 10.1. The van der Waals surface area contributed by atoms with Crippen LogP contribution >= 0.6 is 0 Å². The van der Waals surface area contributed by atoms with Crippen LogP contribution in [0, 0.1) is 0 Å². The summed E-state index contributed by atoms with van der Waals surface area (Å²) in [5, 5.41) is 0. The molecule has 0 aliphatic carbocycles. The monoisotopic (exact) mass is 357 g/mol. The maximum absolute atomic E-state index is 13.3. The molecule has 4 rings (SSSR count). The van der Waals surface area contributed by atoms with Crippen molar-refractivity contribution in [3.8, 4) is 11.5 Å². The van der Waals surface area contributed by atoms with E-state index in [1.165, 1.54) is 0 Å². The molecule has 0 aromatic heterocycles. The summed E-state index contributed by atoms with van der Waals surface area (Å²) in [5.74, 6) is 0.969. The molecule has 25 heavy (non-hydrogen) atoms. The van der Waals surface area contributed by atoms with Gasteiger partial charge in [0.05, 0.1) is 17.4 Å². The van der Waals surface area contributed by atoms with Crippen LogP contribution in [0.4, 0.5) is 0 Å². The predicted molar refractivity (Wildman–Crippen MR) is 94.6 cm³/mol. The Kier molecular flexibility index (Phi) is 3.80. The van der Waals surface area contributed by atoms with Gasteiger partial charge in [-0.25, -0.2) is 8.42 Å². The summed E-state index contributed by atoms with van der Waals surface area (Å²) < 4.78 is 29.5. The zero-order valence-corrected chi connectivity index (χ0v) is 14.7. The van der Waals surface area contributed by atoms with E-state index >= 15 is 0 Å². The van der Waals surface area contributed by atoms with Gasteiger partial charge in [0.25, 0.3) is 0 Å². The van der Waals surface area contributed by atoms with Crippen molar-refractivity contribution in [3.05, 3.63) is 59.7 Å². The molecule has 1 saturated heterocycles. The Morgan fingerprint density at radius 1 is 1.04 bits per heavy atom. The van der Waals surface area contributed by atoms with Gasteiger partial charge in [0.2, 0.25) is 5.91 Å². The van der Waals surface area contributed by atoms with Crippen LogP contribution in [-0.4, -0.2) is 43.8 Å². The minimum atomic E-state index is -3.04. The zero-order valence-electron chi connectivity index (χ0n) is 13.9. The van der Waals surface area contributed by atoms with Gasteiger partial charge in [0, 0.05) is 24.2 Å². The fourth-order valence-corrected chi connectivity index (χ4v) is 5.41. The number of carbonyl (C=O) groups excluding carboxylic acids is 1. The molecule has 2 aliphatic heterocycles. The van der Waals surface area contributed by atoms with Crippen LogP contribution in [0.2, 0.25) is 0 Å². The number of likely N-dealkylation sites (N-methyl/N-ethyl adjacent to an activating group) is 1. The quantitative estimate of drug-likeness (QED) is 0.829. The minimum absolute atomic E-state index is 0.0434. The number of hydrogen-bond donors (Lipinski definition) is 0. The number of amides is 1. The number of hydrogen-bond acceptors (Lipinski definition) is 4. The summed E-state index contributed by atoms with van der Waals surface area (Å²) in [5.41, 5.74) is 1.64. The molecule has 2 aromatic carbocycles. The molecule has 0 N–H and O–H groups in total. The molecule has 130 valence electrons. The smallest absolute Gasteiger partial charge is 0.234 e. The van der Waals surface area contributed by atoms with Crippen LogP contribution in [0.3, 0.4) is 0 Å². The molecular weight excluding hydrogens is 338 g/mol. The van der Waals surface area contributed by atoms with Crippen molar-refractivity contribution in [1.29, 1.82) is 0 Å². The van der Waals surface area contributed by atoms with Crippen LogP contribution in [0.1, 0.15) is 23.5 Å². The molecule has 6 heteroatoms. The first kappa shape index (κ1) is 16.1. The number of carbonyl (C=O) groups is 1. The lowest BCUT2D eigenvalue weighted by atomic mass is 9.86. The third-order valence-electron chi connectivity index (χ3n) is 5.03. The Morgan fingerprint density at radius 3 is 2.12 bits per heavy atom. The van der Waals surface area contributed by atoms with Crippen molar-refractivity contribution in [1.82, 2.24) is 4.90 Å². The molecule has 0 spiro atoms. The highest BCUT2D eigenvalue weighted by molar-refractivity contribution is 7.91. The molecular formula is C19H19NO4S. The van der Waals surface area contributed by atoms with Gasteiger partial charge in [0.15, 0.2) is 9.84 Å². The number of para-hydroxylation sites is 2. The largest absolute Gasteiger partial charge is 0.457 e. The number of fused-ring (bicyclic) bond motifs is 2. The lowest BCUT2D eigenvalue weighted by Gasteiger charge is -2.32. The van der Waals surface area contributed by atoms with Crippen molar-refractivity contribution in [2.45, 2.75) is 18.4 Å². The van der Waals surface area contributed by atoms with Gasteiger partial charge in [-0.1, -0.05) is 36.4 Å². The maximum atomic E-state index is 13.3. The topological polar surface area (TPSA) is 63.7 Å². The van der Waals surface area contributed by atoms with Crippen molar-refractivity contribution in [3.63, 3.8) is 0 Å². The normalized spacial score (nSPS) is 21.1. The highest BCUT2D eigenvalue weighted by Crippen LogP contribution is 2.44. The molecule has 1 amide bonds. The average molecular weight is 357 g/mol. The van der Waals surface area contributed by atoms with Crippen LogP contribution in [0.25, 0.3) is 0 Å². The van der Waals surface area contributed by atoms with E-state index in [-0.39, 0.29) is 23.5 Å². The van der Waals surface area contributed by atoms with E-state index < -0.39 is 15.8 Å². The maximum Gasteiger partial charge on any atom is 0.234 e. The number of ether oxygens (including phenoxy) is 1. The molecule has 5 nitrogen and oxygen atoms in total. The molecule has 1 fully saturated rings. The summed E-state index contributed by atoms with van der Waals surface area (Å²) >= 11 is 0. The summed E-state index contributed by atoms with van der Waals surface area (Å²) in [6.07, 6.45) is 0.497.